The number of thioether (sulfide) groups is 1. The van der Waals surface area contributed by atoms with Crippen molar-refractivity contribution in [3.05, 3.63) is 39.7 Å². The van der Waals surface area contributed by atoms with Gasteiger partial charge in [-0.25, -0.2) is 4.79 Å². The van der Waals surface area contributed by atoms with Crippen molar-refractivity contribution >= 4 is 50.9 Å². The quantitative estimate of drug-likeness (QED) is 0.352. The van der Waals surface area contributed by atoms with Crippen molar-refractivity contribution in [2.24, 2.45) is 0 Å². The average Bonchev–Trinajstić information content (AvgIpc) is 2.93. The van der Waals surface area contributed by atoms with Gasteiger partial charge in [0.25, 0.3) is 11.1 Å². The molecule has 1 aliphatic rings. The molecule has 0 radical (unpaired) electrons. The molecule has 7 nitrogen and oxygen atoms in total. The van der Waals surface area contributed by atoms with Gasteiger partial charge in [0.15, 0.2) is 11.5 Å². The van der Waals surface area contributed by atoms with Gasteiger partial charge in [-0.2, -0.15) is 0 Å². The number of imide groups is 1. The molecule has 0 aromatic heterocycles. The predicted molar refractivity (Wildman–Crippen MR) is 106 cm³/mol. The number of carbonyl (C=O) groups excluding carboxylic acids is 3. The molecule has 144 valence electrons. The van der Waals surface area contributed by atoms with Gasteiger partial charge >= 0.3 is 5.97 Å². The highest BCUT2D eigenvalue weighted by Gasteiger charge is 2.41. The summed E-state index contributed by atoms with van der Waals surface area (Å²) >= 11 is 4.18. The molecule has 1 aliphatic heterocycles. The van der Waals surface area contributed by atoms with E-state index in [4.69, 9.17) is 9.47 Å². The first-order valence-electron chi connectivity index (χ1n) is 7.80. The van der Waals surface area contributed by atoms with Crippen molar-refractivity contribution in [1.82, 2.24) is 4.90 Å². The third-order valence-corrected chi connectivity index (χ3v) is 5.25. The highest BCUT2D eigenvalue weighted by molar-refractivity contribution is 9.10. The standard InChI is InChI=1S/C18H18BrNO6S/c1-5-6-26-14-9-12(19)11(7-13(14)24-3)8-15-16(21)20(18(23)27-15)10(2)17(22)25-4/h5,7-10H,1,6H2,2-4H3/b15-8+/t10-/m1/s1. The summed E-state index contributed by atoms with van der Waals surface area (Å²) in [5, 5.41) is -0.529. The molecule has 27 heavy (non-hydrogen) atoms. The lowest BCUT2D eigenvalue weighted by atomic mass is 10.1. The van der Waals surface area contributed by atoms with E-state index < -0.39 is 23.2 Å². The monoisotopic (exact) mass is 455 g/mol. The molecule has 2 rings (SSSR count). The zero-order valence-electron chi connectivity index (χ0n) is 15.0. The van der Waals surface area contributed by atoms with Crippen molar-refractivity contribution in [2.45, 2.75) is 13.0 Å². The Kier molecular flexibility index (Phi) is 7.09. The largest absolute Gasteiger partial charge is 0.493 e. The Morgan fingerprint density at radius 2 is 2.04 bits per heavy atom. The summed E-state index contributed by atoms with van der Waals surface area (Å²) < 4.78 is 16.1. The van der Waals surface area contributed by atoms with Gasteiger partial charge in [-0.1, -0.05) is 28.6 Å². The summed E-state index contributed by atoms with van der Waals surface area (Å²) in [6, 6.07) is 2.39. The predicted octanol–water partition coefficient (Wildman–Crippen LogP) is 3.62. The fourth-order valence-corrected chi connectivity index (χ4v) is 3.65. The lowest BCUT2D eigenvalue weighted by molar-refractivity contribution is -0.148. The second-order valence-corrected chi connectivity index (χ2v) is 7.22. The van der Waals surface area contributed by atoms with Crippen molar-refractivity contribution in [2.75, 3.05) is 20.8 Å². The highest BCUT2D eigenvalue weighted by atomic mass is 79.9. The Balaban J connectivity index is 2.36. The first-order chi connectivity index (χ1) is 12.8. The molecule has 0 N–H and O–H groups in total. The van der Waals surface area contributed by atoms with Crippen molar-refractivity contribution < 1.29 is 28.6 Å². The second-order valence-electron chi connectivity index (χ2n) is 5.38. The van der Waals surface area contributed by atoms with Crippen LogP contribution < -0.4 is 9.47 Å². The molecule has 1 heterocycles. The van der Waals surface area contributed by atoms with Crippen LogP contribution in [0, 0.1) is 0 Å². The second kappa shape index (κ2) is 9.09. The summed E-state index contributed by atoms with van der Waals surface area (Å²) in [6.07, 6.45) is 3.17. The Bertz CT molecular complexity index is 822. The van der Waals surface area contributed by atoms with E-state index in [2.05, 4.69) is 27.2 Å². The van der Waals surface area contributed by atoms with Crippen LogP contribution in [0.15, 0.2) is 34.2 Å². The molecule has 0 bridgehead atoms. The van der Waals surface area contributed by atoms with Crippen LogP contribution in [-0.2, 0) is 14.3 Å². The van der Waals surface area contributed by atoms with Gasteiger partial charge in [0.1, 0.15) is 12.6 Å². The fourth-order valence-electron chi connectivity index (χ4n) is 2.31. The van der Waals surface area contributed by atoms with Crippen molar-refractivity contribution in [1.29, 1.82) is 0 Å². The van der Waals surface area contributed by atoms with Crippen LogP contribution in [-0.4, -0.2) is 48.9 Å². The molecule has 1 atom stereocenters. The number of amides is 2. The number of benzene rings is 1. The molecule has 1 fully saturated rings. The summed E-state index contributed by atoms with van der Waals surface area (Å²) in [5.74, 6) is -0.242. The molecular weight excluding hydrogens is 438 g/mol. The topological polar surface area (TPSA) is 82.1 Å². The van der Waals surface area contributed by atoms with Gasteiger partial charge in [-0.05, 0) is 42.5 Å². The minimum atomic E-state index is -0.999. The molecule has 0 unspecified atom stereocenters. The summed E-state index contributed by atoms with van der Waals surface area (Å²) in [7, 11) is 2.70. The third kappa shape index (κ3) is 4.54. The van der Waals surface area contributed by atoms with Gasteiger partial charge in [-0.3, -0.25) is 14.5 Å². The summed E-state index contributed by atoms with van der Waals surface area (Å²) in [5.41, 5.74) is 0.619. The van der Waals surface area contributed by atoms with E-state index in [0.29, 0.717) is 28.1 Å². The number of nitrogens with zero attached hydrogens (tertiary/aromatic N) is 1. The first kappa shape index (κ1) is 21.0. The van der Waals surface area contributed by atoms with Crippen LogP contribution in [0.3, 0.4) is 0 Å². The van der Waals surface area contributed by atoms with Crippen molar-refractivity contribution in [3.63, 3.8) is 0 Å². The normalized spacial score (nSPS) is 16.4. The molecule has 0 saturated carbocycles. The minimum Gasteiger partial charge on any atom is -0.493 e. The van der Waals surface area contributed by atoms with E-state index in [1.807, 2.05) is 0 Å². The lowest BCUT2D eigenvalue weighted by Gasteiger charge is -2.18. The molecule has 9 heteroatoms. The maximum atomic E-state index is 12.6. The van der Waals surface area contributed by atoms with Crippen LogP contribution in [0.25, 0.3) is 6.08 Å². The Morgan fingerprint density at radius 3 is 2.63 bits per heavy atom. The molecule has 1 aromatic carbocycles. The Hall–Kier alpha value is -2.26. The fraction of sp³-hybridized carbons (Fsp3) is 0.278. The molecule has 0 spiro atoms. The van der Waals surface area contributed by atoms with Crippen molar-refractivity contribution in [3.8, 4) is 11.5 Å². The number of ether oxygens (including phenoxy) is 3. The molecule has 1 saturated heterocycles. The van der Waals surface area contributed by atoms with Gasteiger partial charge in [0, 0.05) is 4.47 Å². The van der Waals surface area contributed by atoms with E-state index in [1.54, 1.807) is 24.3 Å². The number of methoxy groups -OCH3 is 2. The molecule has 1 aromatic rings. The van der Waals surface area contributed by atoms with Crippen LogP contribution in [0.4, 0.5) is 4.79 Å². The van der Waals surface area contributed by atoms with Gasteiger partial charge in [-0.15, -0.1) is 0 Å². The third-order valence-electron chi connectivity index (χ3n) is 3.68. The zero-order valence-corrected chi connectivity index (χ0v) is 17.4. The lowest BCUT2D eigenvalue weighted by Crippen LogP contribution is -2.42. The van der Waals surface area contributed by atoms with E-state index in [9.17, 15) is 14.4 Å². The number of rotatable bonds is 7. The Morgan fingerprint density at radius 1 is 1.33 bits per heavy atom. The number of halogens is 1. The number of esters is 1. The zero-order chi connectivity index (χ0) is 20.1. The van der Waals surface area contributed by atoms with Gasteiger partial charge in [0.2, 0.25) is 0 Å². The Labute approximate surface area is 169 Å². The molecule has 2 amide bonds. The number of hydrogen-bond donors (Lipinski definition) is 0. The SMILES string of the molecule is C=CCOc1cc(Br)c(/C=C2/SC(=O)N([C@H](C)C(=O)OC)C2=O)cc1OC. The van der Waals surface area contributed by atoms with Crippen LogP contribution in [0.2, 0.25) is 0 Å². The maximum Gasteiger partial charge on any atom is 0.328 e. The van der Waals surface area contributed by atoms with Gasteiger partial charge < -0.3 is 14.2 Å². The summed E-state index contributed by atoms with van der Waals surface area (Å²) in [6.45, 7) is 5.35. The van der Waals surface area contributed by atoms with E-state index >= 15 is 0 Å². The minimum absolute atomic E-state index is 0.193. The van der Waals surface area contributed by atoms with Crippen LogP contribution in [0.1, 0.15) is 12.5 Å². The number of hydrogen-bond acceptors (Lipinski definition) is 7. The van der Waals surface area contributed by atoms with Crippen LogP contribution in [0.5, 0.6) is 11.5 Å². The maximum absolute atomic E-state index is 12.6. The summed E-state index contributed by atoms with van der Waals surface area (Å²) in [4.78, 5) is 37.5. The van der Waals surface area contributed by atoms with E-state index in [-0.39, 0.29) is 4.91 Å². The molecule has 0 aliphatic carbocycles. The van der Waals surface area contributed by atoms with Crippen LogP contribution >= 0.6 is 27.7 Å². The number of carbonyl (C=O) groups is 3. The van der Waals surface area contributed by atoms with Gasteiger partial charge in [0.05, 0.1) is 19.1 Å². The smallest absolute Gasteiger partial charge is 0.328 e. The highest BCUT2D eigenvalue weighted by Crippen LogP contribution is 2.38. The average molecular weight is 456 g/mol. The first-order valence-corrected chi connectivity index (χ1v) is 9.41. The van der Waals surface area contributed by atoms with E-state index in [0.717, 1.165) is 16.7 Å². The molecular formula is C18H18BrNO6S. The van der Waals surface area contributed by atoms with E-state index in [1.165, 1.54) is 21.1 Å².